The molecular formula is C8H11N3O3. The van der Waals surface area contributed by atoms with Gasteiger partial charge in [0.1, 0.15) is 11.6 Å². The number of nitrogens with zero attached hydrogens (tertiary/aromatic N) is 2. The van der Waals surface area contributed by atoms with Crippen molar-refractivity contribution in [3.8, 4) is 0 Å². The third kappa shape index (κ3) is 1.73. The molecule has 14 heavy (non-hydrogen) atoms. The minimum absolute atomic E-state index is 0.0816. The lowest BCUT2D eigenvalue weighted by Gasteiger charge is -2.05. The highest BCUT2D eigenvalue weighted by Crippen LogP contribution is 2.10. The lowest BCUT2D eigenvalue weighted by Crippen LogP contribution is -2.24. The number of aryl methyl sites for hydroxylation is 1. The molecular weight excluding hydrogens is 186 g/mol. The molecule has 1 unspecified atom stereocenters. The molecule has 0 aliphatic heterocycles. The monoisotopic (exact) mass is 197 g/mol. The summed E-state index contributed by atoms with van der Waals surface area (Å²) in [7, 11) is 0. The molecule has 1 rings (SSSR count). The van der Waals surface area contributed by atoms with Crippen LogP contribution < -0.4 is 5.73 Å². The summed E-state index contributed by atoms with van der Waals surface area (Å²) in [5.74, 6) is -1.62. The van der Waals surface area contributed by atoms with Crippen LogP contribution >= 0.6 is 0 Å². The first-order valence-electron chi connectivity index (χ1n) is 4.02. The molecule has 0 radical (unpaired) electrons. The van der Waals surface area contributed by atoms with Crippen LogP contribution in [0.2, 0.25) is 0 Å². The zero-order valence-electron chi connectivity index (χ0n) is 7.89. The Morgan fingerprint density at radius 3 is 2.57 bits per heavy atom. The average molecular weight is 197 g/mol. The molecule has 76 valence electrons. The number of aromatic carboxylic acids is 1. The maximum atomic E-state index is 10.8. The molecule has 0 fully saturated rings. The third-order valence-electron chi connectivity index (χ3n) is 1.96. The van der Waals surface area contributed by atoms with E-state index in [4.69, 9.17) is 10.8 Å². The van der Waals surface area contributed by atoms with Gasteiger partial charge in [0.05, 0.1) is 5.69 Å². The number of hydrogen-bond donors (Lipinski definition) is 2. The lowest BCUT2D eigenvalue weighted by atomic mass is 10.3. The largest absolute Gasteiger partial charge is 0.478 e. The van der Waals surface area contributed by atoms with Crippen molar-refractivity contribution in [3.63, 3.8) is 0 Å². The van der Waals surface area contributed by atoms with E-state index in [2.05, 4.69) is 5.10 Å². The Hall–Kier alpha value is -1.85. The number of aromatic nitrogens is 2. The van der Waals surface area contributed by atoms with Crippen LogP contribution in [-0.4, -0.2) is 26.8 Å². The predicted molar refractivity (Wildman–Crippen MR) is 47.8 cm³/mol. The summed E-state index contributed by atoms with van der Waals surface area (Å²) in [4.78, 5) is 21.5. The summed E-state index contributed by atoms with van der Waals surface area (Å²) in [5, 5.41) is 12.6. The molecule has 1 heterocycles. The maximum Gasteiger partial charge on any atom is 0.339 e. The second kappa shape index (κ2) is 3.49. The van der Waals surface area contributed by atoms with E-state index in [1.165, 1.54) is 10.9 Å². The number of rotatable bonds is 3. The quantitative estimate of drug-likeness (QED) is 0.708. The Morgan fingerprint density at radius 1 is 1.64 bits per heavy atom. The molecule has 1 atom stereocenters. The molecule has 0 aliphatic rings. The van der Waals surface area contributed by atoms with E-state index in [9.17, 15) is 9.59 Å². The number of carbonyl (C=O) groups excluding carboxylic acids is 1. The summed E-state index contributed by atoms with van der Waals surface area (Å²) >= 11 is 0. The highest BCUT2D eigenvalue weighted by Gasteiger charge is 2.17. The Morgan fingerprint density at radius 2 is 2.21 bits per heavy atom. The second-order valence-electron chi connectivity index (χ2n) is 2.99. The molecule has 0 spiro atoms. The summed E-state index contributed by atoms with van der Waals surface area (Å²) in [6.45, 7) is 3.12. The second-order valence-corrected chi connectivity index (χ2v) is 2.99. The van der Waals surface area contributed by atoms with E-state index in [-0.39, 0.29) is 5.56 Å². The number of nitrogens with two attached hydrogens (primary N) is 1. The van der Waals surface area contributed by atoms with Crippen LogP contribution in [0.5, 0.6) is 0 Å². The predicted octanol–water partition coefficient (Wildman–Crippen LogP) is -0.0640. The summed E-state index contributed by atoms with van der Waals surface area (Å²) in [6.07, 6.45) is 1.30. The van der Waals surface area contributed by atoms with Crippen LogP contribution in [0.1, 0.15) is 29.0 Å². The summed E-state index contributed by atoms with van der Waals surface area (Å²) in [6, 6.07) is -0.637. The molecule has 1 aromatic heterocycles. The zero-order valence-corrected chi connectivity index (χ0v) is 7.89. The van der Waals surface area contributed by atoms with Crippen molar-refractivity contribution in [1.82, 2.24) is 9.78 Å². The van der Waals surface area contributed by atoms with Gasteiger partial charge in [-0.15, -0.1) is 0 Å². The molecule has 0 aromatic carbocycles. The van der Waals surface area contributed by atoms with Crippen molar-refractivity contribution in [3.05, 3.63) is 17.5 Å². The van der Waals surface area contributed by atoms with Gasteiger partial charge in [-0.1, -0.05) is 0 Å². The number of carboxylic acids is 1. The van der Waals surface area contributed by atoms with E-state index in [0.29, 0.717) is 5.69 Å². The molecule has 0 bridgehead atoms. The molecule has 0 saturated heterocycles. The third-order valence-corrected chi connectivity index (χ3v) is 1.96. The zero-order chi connectivity index (χ0) is 10.9. The number of carboxylic acid groups (broad SMARTS) is 1. The number of amides is 1. The molecule has 0 aliphatic carbocycles. The number of primary amides is 1. The van der Waals surface area contributed by atoms with Gasteiger partial charge in [0.15, 0.2) is 0 Å². The molecule has 6 heteroatoms. The van der Waals surface area contributed by atoms with Gasteiger partial charge in [0.25, 0.3) is 0 Å². The Balaban J connectivity index is 3.08. The number of carbonyl (C=O) groups is 2. The molecule has 1 amide bonds. The van der Waals surface area contributed by atoms with Crippen LogP contribution in [0.4, 0.5) is 0 Å². The fourth-order valence-electron chi connectivity index (χ4n) is 1.02. The minimum atomic E-state index is -1.06. The molecule has 0 saturated carbocycles. The fourth-order valence-corrected chi connectivity index (χ4v) is 1.02. The van der Waals surface area contributed by atoms with Crippen molar-refractivity contribution in [2.75, 3.05) is 0 Å². The van der Waals surface area contributed by atoms with E-state index >= 15 is 0 Å². The molecule has 1 aromatic rings. The molecule has 3 N–H and O–H groups in total. The van der Waals surface area contributed by atoms with E-state index in [1.54, 1.807) is 13.8 Å². The SMILES string of the molecule is Cc1nn(C(C)C(N)=O)cc1C(=O)O. The van der Waals surface area contributed by atoms with E-state index < -0.39 is 17.9 Å². The van der Waals surface area contributed by atoms with Gasteiger partial charge >= 0.3 is 5.97 Å². The fraction of sp³-hybridized carbons (Fsp3) is 0.375. The van der Waals surface area contributed by atoms with Crippen molar-refractivity contribution < 1.29 is 14.7 Å². The van der Waals surface area contributed by atoms with Crippen molar-refractivity contribution >= 4 is 11.9 Å². The Bertz CT molecular complexity index is 383. The highest BCUT2D eigenvalue weighted by atomic mass is 16.4. The maximum absolute atomic E-state index is 10.8. The summed E-state index contributed by atoms with van der Waals surface area (Å²) in [5.41, 5.74) is 5.50. The van der Waals surface area contributed by atoms with Gasteiger partial charge < -0.3 is 10.8 Å². The van der Waals surface area contributed by atoms with Gasteiger partial charge in [-0.25, -0.2) is 4.79 Å². The smallest absolute Gasteiger partial charge is 0.339 e. The van der Waals surface area contributed by atoms with Gasteiger partial charge in [0, 0.05) is 6.20 Å². The first-order valence-corrected chi connectivity index (χ1v) is 4.02. The Labute approximate surface area is 80.3 Å². The molecule has 6 nitrogen and oxygen atoms in total. The van der Waals surface area contributed by atoms with Crippen molar-refractivity contribution in [2.24, 2.45) is 5.73 Å². The minimum Gasteiger partial charge on any atom is -0.478 e. The lowest BCUT2D eigenvalue weighted by molar-refractivity contribution is -0.120. The van der Waals surface area contributed by atoms with Crippen LogP contribution in [-0.2, 0) is 4.79 Å². The van der Waals surface area contributed by atoms with Gasteiger partial charge in [-0.2, -0.15) is 5.10 Å². The van der Waals surface area contributed by atoms with Crippen LogP contribution in [0, 0.1) is 6.92 Å². The van der Waals surface area contributed by atoms with E-state index in [0.717, 1.165) is 0 Å². The van der Waals surface area contributed by atoms with Crippen molar-refractivity contribution in [2.45, 2.75) is 19.9 Å². The van der Waals surface area contributed by atoms with Crippen LogP contribution in [0.25, 0.3) is 0 Å². The van der Waals surface area contributed by atoms with Gasteiger partial charge in [-0.05, 0) is 13.8 Å². The highest BCUT2D eigenvalue weighted by molar-refractivity contribution is 5.88. The van der Waals surface area contributed by atoms with Gasteiger partial charge in [-0.3, -0.25) is 9.48 Å². The summed E-state index contributed by atoms with van der Waals surface area (Å²) < 4.78 is 1.25. The topological polar surface area (TPSA) is 98.2 Å². The standard InChI is InChI=1S/C8H11N3O3/c1-4-6(8(13)14)3-11(10-4)5(2)7(9)12/h3,5H,1-2H3,(H2,9,12)(H,13,14). The normalized spacial score (nSPS) is 12.4. The van der Waals surface area contributed by atoms with Crippen LogP contribution in [0.15, 0.2) is 6.20 Å². The number of hydrogen-bond acceptors (Lipinski definition) is 3. The average Bonchev–Trinajstić information content (AvgIpc) is 2.45. The first-order chi connectivity index (χ1) is 6.43. The van der Waals surface area contributed by atoms with E-state index in [1.807, 2.05) is 0 Å². The van der Waals surface area contributed by atoms with Crippen molar-refractivity contribution in [1.29, 1.82) is 0 Å². The first kappa shape index (κ1) is 10.2. The van der Waals surface area contributed by atoms with Crippen LogP contribution in [0.3, 0.4) is 0 Å². The van der Waals surface area contributed by atoms with Gasteiger partial charge in [0.2, 0.25) is 5.91 Å². The Kier molecular flexibility index (Phi) is 2.55.